The number of aromatic nitrogens is 2. The molecular formula is C13H12N2OS. The third kappa shape index (κ3) is 2.00. The second kappa shape index (κ2) is 4.37. The summed E-state index contributed by atoms with van der Waals surface area (Å²) in [6.45, 7) is 0.782. The molecule has 0 saturated heterocycles. The number of benzene rings is 1. The Morgan fingerprint density at radius 2 is 2.24 bits per heavy atom. The maximum absolute atomic E-state index is 5.49. The first kappa shape index (κ1) is 10.6. The Morgan fingerprint density at radius 3 is 3.12 bits per heavy atom. The van der Waals surface area contributed by atoms with Gasteiger partial charge in [0.25, 0.3) is 0 Å². The summed E-state index contributed by atoms with van der Waals surface area (Å²) in [5.41, 5.74) is 3.31. The van der Waals surface area contributed by atoms with Crippen LogP contribution in [0.1, 0.15) is 11.4 Å². The molecule has 0 bridgehead atoms. The first-order chi connectivity index (χ1) is 8.36. The van der Waals surface area contributed by atoms with Crippen molar-refractivity contribution in [2.24, 2.45) is 0 Å². The Hall–Kier alpha value is -1.55. The lowest BCUT2D eigenvalue weighted by Crippen LogP contribution is -1.93. The topological polar surface area (TPSA) is 35.0 Å². The molecule has 3 rings (SSSR count). The van der Waals surface area contributed by atoms with E-state index in [0.717, 1.165) is 35.9 Å². The summed E-state index contributed by atoms with van der Waals surface area (Å²) in [5, 5.41) is 0. The quantitative estimate of drug-likeness (QED) is 0.824. The largest absolute Gasteiger partial charge is 0.493 e. The van der Waals surface area contributed by atoms with E-state index in [0.29, 0.717) is 5.75 Å². The fourth-order valence-corrected chi connectivity index (χ4v) is 2.13. The van der Waals surface area contributed by atoms with Gasteiger partial charge in [-0.1, -0.05) is 0 Å². The van der Waals surface area contributed by atoms with Crippen molar-refractivity contribution in [2.75, 3.05) is 6.61 Å². The van der Waals surface area contributed by atoms with Gasteiger partial charge >= 0.3 is 0 Å². The highest BCUT2D eigenvalue weighted by atomic mass is 32.1. The monoisotopic (exact) mass is 244 g/mol. The van der Waals surface area contributed by atoms with E-state index in [2.05, 4.69) is 28.7 Å². The second-order valence-corrected chi connectivity index (χ2v) is 4.25. The average molecular weight is 244 g/mol. The lowest BCUT2D eigenvalue weighted by molar-refractivity contribution is 0.357. The van der Waals surface area contributed by atoms with E-state index >= 15 is 0 Å². The minimum Gasteiger partial charge on any atom is -0.493 e. The van der Waals surface area contributed by atoms with Crippen LogP contribution >= 0.6 is 12.6 Å². The predicted molar refractivity (Wildman–Crippen MR) is 69.4 cm³/mol. The number of hydrogen-bond acceptors (Lipinski definition) is 4. The molecule has 0 spiro atoms. The first-order valence-corrected chi connectivity index (χ1v) is 6.19. The lowest BCUT2D eigenvalue weighted by Gasteiger charge is -2.04. The van der Waals surface area contributed by atoms with Gasteiger partial charge in [0.15, 0.2) is 0 Å². The summed E-state index contributed by atoms with van der Waals surface area (Å²) in [6, 6.07) is 8.12. The van der Waals surface area contributed by atoms with Crippen LogP contribution in [0.3, 0.4) is 0 Å². The van der Waals surface area contributed by atoms with E-state index in [1.54, 1.807) is 6.20 Å². The van der Waals surface area contributed by atoms with Gasteiger partial charge in [-0.05, 0) is 29.8 Å². The molecule has 0 atom stereocenters. The Bertz CT molecular complexity index is 557. The smallest absolute Gasteiger partial charge is 0.138 e. The molecule has 0 radical (unpaired) electrons. The number of hydrogen-bond donors (Lipinski definition) is 1. The van der Waals surface area contributed by atoms with Crippen LogP contribution in [0.5, 0.6) is 5.75 Å². The van der Waals surface area contributed by atoms with Crippen LogP contribution in [-0.2, 0) is 12.2 Å². The molecule has 2 heterocycles. The predicted octanol–water partition coefficient (Wildman–Crippen LogP) is 2.51. The van der Waals surface area contributed by atoms with E-state index in [-0.39, 0.29) is 0 Å². The first-order valence-electron chi connectivity index (χ1n) is 5.56. The van der Waals surface area contributed by atoms with E-state index in [9.17, 15) is 0 Å². The summed E-state index contributed by atoms with van der Waals surface area (Å²) < 4.78 is 5.49. The van der Waals surface area contributed by atoms with Gasteiger partial charge in [-0.15, -0.1) is 0 Å². The molecule has 0 N–H and O–H groups in total. The van der Waals surface area contributed by atoms with Crippen LogP contribution in [0.15, 0.2) is 30.5 Å². The molecule has 1 aromatic heterocycles. The van der Waals surface area contributed by atoms with Crippen molar-refractivity contribution >= 4 is 12.6 Å². The fraction of sp³-hybridized carbons (Fsp3) is 0.231. The summed E-state index contributed by atoms with van der Waals surface area (Å²) in [4.78, 5) is 8.60. The Labute approximate surface area is 105 Å². The van der Waals surface area contributed by atoms with E-state index < -0.39 is 0 Å². The molecule has 0 fully saturated rings. The van der Waals surface area contributed by atoms with Gasteiger partial charge in [-0.25, -0.2) is 9.97 Å². The molecule has 2 aromatic rings. The highest BCUT2D eigenvalue weighted by Crippen LogP contribution is 2.29. The SMILES string of the molecule is SCc1nccc(-c2ccc3c(c2)CCO3)n1. The molecule has 3 nitrogen and oxygen atoms in total. The number of nitrogens with zero attached hydrogens (tertiary/aromatic N) is 2. The fourth-order valence-electron chi connectivity index (χ4n) is 1.98. The van der Waals surface area contributed by atoms with Crippen LogP contribution in [0.4, 0.5) is 0 Å². The molecule has 0 aliphatic carbocycles. The molecule has 86 valence electrons. The zero-order valence-corrected chi connectivity index (χ0v) is 10.2. The van der Waals surface area contributed by atoms with Crippen LogP contribution in [0.25, 0.3) is 11.3 Å². The van der Waals surface area contributed by atoms with Crippen molar-refractivity contribution in [1.82, 2.24) is 9.97 Å². The zero-order valence-electron chi connectivity index (χ0n) is 9.26. The van der Waals surface area contributed by atoms with Crippen molar-refractivity contribution < 1.29 is 4.74 Å². The van der Waals surface area contributed by atoms with Crippen LogP contribution in [0, 0.1) is 0 Å². The van der Waals surface area contributed by atoms with Gasteiger partial charge in [0, 0.05) is 18.2 Å². The zero-order chi connectivity index (χ0) is 11.7. The van der Waals surface area contributed by atoms with Crippen molar-refractivity contribution in [1.29, 1.82) is 0 Å². The summed E-state index contributed by atoms with van der Waals surface area (Å²) >= 11 is 4.19. The molecule has 0 amide bonds. The maximum atomic E-state index is 5.49. The third-order valence-electron chi connectivity index (χ3n) is 2.83. The molecule has 0 unspecified atom stereocenters. The minimum absolute atomic E-state index is 0.557. The van der Waals surface area contributed by atoms with E-state index in [1.807, 2.05) is 18.2 Å². The van der Waals surface area contributed by atoms with Crippen molar-refractivity contribution in [2.45, 2.75) is 12.2 Å². The van der Waals surface area contributed by atoms with Crippen LogP contribution in [0.2, 0.25) is 0 Å². The molecule has 1 aromatic carbocycles. The molecule has 1 aliphatic heterocycles. The lowest BCUT2D eigenvalue weighted by atomic mass is 10.1. The standard InChI is InChI=1S/C13H12N2OS/c17-8-13-14-5-3-11(15-13)9-1-2-12-10(7-9)4-6-16-12/h1-3,5,7,17H,4,6,8H2. The summed E-state index contributed by atoms with van der Waals surface area (Å²) in [5.74, 6) is 2.31. The average Bonchev–Trinajstić information content (AvgIpc) is 2.86. The number of rotatable bonds is 2. The summed E-state index contributed by atoms with van der Waals surface area (Å²) in [6.07, 6.45) is 2.76. The van der Waals surface area contributed by atoms with Gasteiger partial charge in [-0.2, -0.15) is 12.6 Å². The molecule has 0 saturated carbocycles. The highest BCUT2D eigenvalue weighted by Gasteiger charge is 2.13. The molecular weight excluding hydrogens is 232 g/mol. The summed E-state index contributed by atoms with van der Waals surface area (Å²) in [7, 11) is 0. The van der Waals surface area contributed by atoms with Gasteiger partial charge in [0.1, 0.15) is 11.6 Å². The Balaban J connectivity index is 2.03. The third-order valence-corrected chi connectivity index (χ3v) is 3.11. The van der Waals surface area contributed by atoms with E-state index in [1.165, 1.54) is 5.56 Å². The van der Waals surface area contributed by atoms with Gasteiger partial charge < -0.3 is 4.74 Å². The highest BCUT2D eigenvalue weighted by molar-refractivity contribution is 7.79. The Morgan fingerprint density at radius 1 is 1.29 bits per heavy atom. The van der Waals surface area contributed by atoms with Gasteiger partial charge in [-0.3, -0.25) is 0 Å². The van der Waals surface area contributed by atoms with E-state index in [4.69, 9.17) is 4.74 Å². The van der Waals surface area contributed by atoms with Crippen molar-refractivity contribution in [3.63, 3.8) is 0 Å². The van der Waals surface area contributed by atoms with Gasteiger partial charge in [0.2, 0.25) is 0 Å². The number of fused-ring (bicyclic) bond motifs is 1. The second-order valence-electron chi connectivity index (χ2n) is 3.94. The van der Waals surface area contributed by atoms with Crippen molar-refractivity contribution in [3.8, 4) is 17.0 Å². The maximum Gasteiger partial charge on any atom is 0.138 e. The molecule has 4 heteroatoms. The van der Waals surface area contributed by atoms with Gasteiger partial charge in [0.05, 0.1) is 18.1 Å². The number of ether oxygens (including phenoxy) is 1. The molecule has 17 heavy (non-hydrogen) atoms. The molecule has 1 aliphatic rings. The van der Waals surface area contributed by atoms with Crippen LogP contribution < -0.4 is 4.74 Å². The Kier molecular flexibility index (Phi) is 2.73. The number of thiol groups is 1. The van der Waals surface area contributed by atoms with Crippen molar-refractivity contribution in [3.05, 3.63) is 41.9 Å². The normalized spacial score (nSPS) is 13.2. The van der Waals surface area contributed by atoms with Crippen LogP contribution in [-0.4, -0.2) is 16.6 Å². The minimum atomic E-state index is 0.557.